The second kappa shape index (κ2) is 4.11. The quantitative estimate of drug-likeness (QED) is 0.781. The summed E-state index contributed by atoms with van der Waals surface area (Å²) >= 11 is 0. The maximum absolute atomic E-state index is 11.5. The molecule has 18 heavy (non-hydrogen) atoms. The molecule has 0 saturated carbocycles. The smallest absolute Gasteiger partial charge is 0.238 e. The standard InChI is InChI=1S/C11H14N4O2S/c1-7-3-4-15(14-7)10-5-9(12)6-11(8(10)2)18(13,16)17/h3-6H,12H2,1-2H3,(H2,13,16,17). The number of nitrogens with zero attached hydrogens (tertiary/aromatic N) is 2. The van der Waals surface area contributed by atoms with E-state index >= 15 is 0 Å². The van der Waals surface area contributed by atoms with Gasteiger partial charge in [-0.15, -0.1) is 0 Å². The Kier molecular flexibility index (Phi) is 2.88. The fourth-order valence-corrected chi connectivity index (χ4v) is 2.61. The summed E-state index contributed by atoms with van der Waals surface area (Å²) in [5.41, 5.74) is 7.99. The van der Waals surface area contributed by atoms with E-state index in [1.54, 1.807) is 23.9 Å². The van der Waals surface area contributed by atoms with Crippen LogP contribution >= 0.6 is 0 Å². The Hall–Kier alpha value is -1.86. The maximum atomic E-state index is 11.5. The molecule has 0 aliphatic rings. The molecular formula is C11H14N4O2S. The first-order valence-corrected chi connectivity index (χ1v) is 6.79. The molecule has 4 N–H and O–H groups in total. The third-order valence-electron chi connectivity index (χ3n) is 2.63. The number of rotatable bonds is 2. The van der Waals surface area contributed by atoms with E-state index in [-0.39, 0.29) is 4.90 Å². The molecule has 0 amide bonds. The zero-order valence-electron chi connectivity index (χ0n) is 10.1. The number of nitrogen functional groups attached to an aromatic ring is 1. The van der Waals surface area contributed by atoms with Crippen molar-refractivity contribution in [2.24, 2.45) is 5.14 Å². The minimum atomic E-state index is -3.80. The van der Waals surface area contributed by atoms with E-state index in [4.69, 9.17) is 10.9 Å². The number of sulfonamides is 1. The van der Waals surface area contributed by atoms with Gasteiger partial charge in [0, 0.05) is 11.9 Å². The molecule has 6 nitrogen and oxygen atoms in total. The molecule has 0 bridgehead atoms. The Morgan fingerprint density at radius 3 is 2.44 bits per heavy atom. The third-order valence-corrected chi connectivity index (χ3v) is 3.67. The molecule has 1 aromatic carbocycles. The number of nitrogens with two attached hydrogens (primary N) is 2. The van der Waals surface area contributed by atoms with Crippen LogP contribution in [0, 0.1) is 13.8 Å². The molecule has 2 aromatic rings. The second-order valence-electron chi connectivity index (χ2n) is 4.11. The van der Waals surface area contributed by atoms with Crippen LogP contribution in [0.1, 0.15) is 11.3 Å². The summed E-state index contributed by atoms with van der Waals surface area (Å²) in [5.74, 6) is 0. The Morgan fingerprint density at radius 1 is 1.28 bits per heavy atom. The van der Waals surface area contributed by atoms with Crippen LogP contribution in [0.15, 0.2) is 29.3 Å². The molecule has 96 valence electrons. The molecule has 2 rings (SSSR count). The summed E-state index contributed by atoms with van der Waals surface area (Å²) in [6.07, 6.45) is 1.74. The van der Waals surface area contributed by atoms with E-state index < -0.39 is 10.0 Å². The molecule has 0 atom stereocenters. The van der Waals surface area contributed by atoms with Gasteiger partial charge in [-0.3, -0.25) is 0 Å². The van der Waals surface area contributed by atoms with E-state index in [9.17, 15) is 8.42 Å². The van der Waals surface area contributed by atoms with Crippen LogP contribution in [0.3, 0.4) is 0 Å². The minimum absolute atomic E-state index is 0.0191. The summed E-state index contributed by atoms with van der Waals surface area (Å²) in [5, 5.41) is 9.40. The Morgan fingerprint density at radius 2 is 1.94 bits per heavy atom. The van der Waals surface area contributed by atoms with Gasteiger partial charge in [-0.2, -0.15) is 5.10 Å². The number of aromatic nitrogens is 2. The highest BCUT2D eigenvalue weighted by molar-refractivity contribution is 7.89. The van der Waals surface area contributed by atoms with Crippen LogP contribution in [0.4, 0.5) is 5.69 Å². The average molecular weight is 266 g/mol. The predicted molar refractivity (Wildman–Crippen MR) is 68.8 cm³/mol. The SMILES string of the molecule is Cc1ccn(-c2cc(N)cc(S(N)(=O)=O)c2C)n1. The molecule has 7 heteroatoms. The normalized spacial score (nSPS) is 11.7. The number of aryl methyl sites for hydroxylation is 1. The number of benzene rings is 1. The van der Waals surface area contributed by atoms with Crippen LogP contribution < -0.4 is 10.9 Å². The van der Waals surface area contributed by atoms with Gasteiger partial charge in [0.1, 0.15) is 0 Å². The molecule has 0 aliphatic carbocycles. The van der Waals surface area contributed by atoms with Crippen LogP contribution in [0.25, 0.3) is 5.69 Å². The topological polar surface area (TPSA) is 104 Å². The Balaban J connectivity index is 2.74. The minimum Gasteiger partial charge on any atom is -0.399 e. The highest BCUT2D eigenvalue weighted by Crippen LogP contribution is 2.24. The highest BCUT2D eigenvalue weighted by Gasteiger charge is 2.16. The Bertz CT molecular complexity index is 704. The molecule has 0 radical (unpaired) electrons. The van der Waals surface area contributed by atoms with Crippen molar-refractivity contribution in [3.05, 3.63) is 35.7 Å². The maximum Gasteiger partial charge on any atom is 0.238 e. The lowest BCUT2D eigenvalue weighted by Crippen LogP contribution is -2.15. The summed E-state index contributed by atoms with van der Waals surface area (Å²) in [6, 6.07) is 4.83. The molecular weight excluding hydrogens is 252 g/mol. The van der Waals surface area contributed by atoms with Gasteiger partial charge in [-0.25, -0.2) is 18.2 Å². The molecule has 1 aromatic heterocycles. The predicted octanol–water partition coefficient (Wildman–Crippen LogP) is 0.719. The molecule has 0 spiro atoms. The molecule has 1 heterocycles. The van der Waals surface area contributed by atoms with E-state index in [0.717, 1.165) is 5.69 Å². The fourth-order valence-electron chi connectivity index (χ4n) is 1.78. The number of hydrogen-bond acceptors (Lipinski definition) is 4. The van der Waals surface area contributed by atoms with E-state index in [2.05, 4.69) is 5.10 Å². The fraction of sp³-hybridized carbons (Fsp3) is 0.182. The van der Waals surface area contributed by atoms with Gasteiger partial charge >= 0.3 is 0 Å². The molecule has 0 saturated heterocycles. The van der Waals surface area contributed by atoms with Crippen LogP contribution in [0.5, 0.6) is 0 Å². The first-order chi connectivity index (χ1) is 8.29. The summed E-state index contributed by atoms with van der Waals surface area (Å²) in [6.45, 7) is 3.52. The highest BCUT2D eigenvalue weighted by atomic mass is 32.2. The molecule has 0 unspecified atom stereocenters. The van der Waals surface area contributed by atoms with Gasteiger partial charge in [-0.1, -0.05) is 0 Å². The number of hydrogen-bond donors (Lipinski definition) is 2. The van der Waals surface area contributed by atoms with E-state index in [0.29, 0.717) is 16.9 Å². The monoisotopic (exact) mass is 266 g/mol. The van der Waals surface area contributed by atoms with Gasteiger partial charge in [0.2, 0.25) is 10.0 Å². The summed E-state index contributed by atoms with van der Waals surface area (Å²) in [7, 11) is -3.80. The van der Waals surface area contributed by atoms with Crippen LogP contribution in [0.2, 0.25) is 0 Å². The zero-order valence-corrected chi connectivity index (χ0v) is 10.9. The van der Waals surface area contributed by atoms with Crippen molar-refractivity contribution < 1.29 is 8.42 Å². The van der Waals surface area contributed by atoms with Crippen molar-refractivity contribution in [3.63, 3.8) is 0 Å². The van der Waals surface area contributed by atoms with E-state index in [1.807, 2.05) is 13.0 Å². The number of anilines is 1. The lowest BCUT2D eigenvalue weighted by Gasteiger charge is -2.11. The van der Waals surface area contributed by atoms with E-state index in [1.165, 1.54) is 6.07 Å². The van der Waals surface area contributed by atoms with Crippen molar-refractivity contribution in [1.82, 2.24) is 9.78 Å². The summed E-state index contributed by atoms with van der Waals surface area (Å²) in [4.78, 5) is 0.0191. The van der Waals surface area contributed by atoms with Crippen LogP contribution in [-0.2, 0) is 10.0 Å². The van der Waals surface area contributed by atoms with Gasteiger partial charge in [0.25, 0.3) is 0 Å². The van der Waals surface area contributed by atoms with Crippen molar-refractivity contribution in [3.8, 4) is 5.69 Å². The lowest BCUT2D eigenvalue weighted by molar-refractivity contribution is 0.597. The van der Waals surface area contributed by atoms with Gasteiger partial charge in [0.15, 0.2) is 0 Å². The lowest BCUT2D eigenvalue weighted by atomic mass is 10.2. The average Bonchev–Trinajstić information content (AvgIpc) is 2.66. The van der Waals surface area contributed by atoms with Crippen molar-refractivity contribution >= 4 is 15.7 Å². The largest absolute Gasteiger partial charge is 0.399 e. The van der Waals surface area contributed by atoms with Crippen molar-refractivity contribution in [2.75, 3.05) is 5.73 Å². The summed E-state index contributed by atoms with van der Waals surface area (Å²) < 4.78 is 24.6. The van der Waals surface area contributed by atoms with Crippen molar-refractivity contribution in [1.29, 1.82) is 0 Å². The molecule has 0 fully saturated rings. The molecule has 0 aliphatic heterocycles. The Labute approximate surface area is 105 Å². The first kappa shape index (κ1) is 12.6. The third kappa shape index (κ3) is 2.22. The van der Waals surface area contributed by atoms with Gasteiger partial charge in [-0.05, 0) is 37.6 Å². The van der Waals surface area contributed by atoms with Gasteiger partial charge in [0.05, 0.1) is 16.3 Å². The van der Waals surface area contributed by atoms with Crippen molar-refractivity contribution in [2.45, 2.75) is 18.7 Å². The van der Waals surface area contributed by atoms with Gasteiger partial charge < -0.3 is 5.73 Å². The van der Waals surface area contributed by atoms with Crippen LogP contribution in [-0.4, -0.2) is 18.2 Å². The zero-order chi connectivity index (χ0) is 13.5. The first-order valence-electron chi connectivity index (χ1n) is 5.24. The number of primary sulfonamides is 1. The second-order valence-corrected chi connectivity index (χ2v) is 5.64.